The summed E-state index contributed by atoms with van der Waals surface area (Å²) in [6.07, 6.45) is -0.393. The van der Waals surface area contributed by atoms with E-state index in [1.807, 2.05) is 7.05 Å². The second-order valence-electron chi connectivity index (χ2n) is 11.4. The molecule has 3 amide bonds. The van der Waals surface area contributed by atoms with Crippen molar-refractivity contribution in [2.45, 2.75) is 37.8 Å². The van der Waals surface area contributed by atoms with Gasteiger partial charge in [0.2, 0.25) is 18.1 Å². The number of amides is 3. The molecule has 0 aliphatic carbocycles. The molecule has 5 N–H and O–H groups in total. The number of carbonyl (C=O) groups is 5. The number of ether oxygens (including phenoxy) is 1. The standard InChI is InChI=1S/C24H32N8O9S2/c1-24(2,3)41-23(39)30-5-7-32(4,8-6-30)9-12-11-42-20-15(19(36)31(20)16(12)21(37)38)26-18(35)14(28-40-10-13(33)34)17-27-22(25)43-29-17/h15,20H,5-11H2,1-4H3,(H4-,25,26,27,29,33,34,35,37,38)/p+1/t15-,20+/m1/s1. The molecule has 19 heteroatoms. The van der Waals surface area contributed by atoms with Gasteiger partial charge in [-0.05, 0) is 20.8 Å². The maximum atomic E-state index is 13.2. The molecule has 3 aliphatic rings. The van der Waals surface area contributed by atoms with E-state index in [4.69, 9.17) is 15.6 Å². The van der Waals surface area contributed by atoms with Gasteiger partial charge >= 0.3 is 18.0 Å². The van der Waals surface area contributed by atoms with Crippen molar-refractivity contribution >= 4 is 64.0 Å². The zero-order valence-electron chi connectivity index (χ0n) is 23.9. The number of fused-ring (bicyclic) bond motifs is 1. The molecule has 2 saturated heterocycles. The number of aliphatic carboxylic acids is 2. The van der Waals surface area contributed by atoms with Gasteiger partial charge in [-0.3, -0.25) is 19.4 Å². The zero-order valence-corrected chi connectivity index (χ0v) is 25.6. The van der Waals surface area contributed by atoms with Gasteiger partial charge in [0, 0.05) is 22.9 Å². The van der Waals surface area contributed by atoms with Crippen LogP contribution in [0.15, 0.2) is 16.4 Å². The van der Waals surface area contributed by atoms with Gasteiger partial charge < -0.3 is 35.3 Å². The Morgan fingerprint density at radius 1 is 1.21 bits per heavy atom. The summed E-state index contributed by atoms with van der Waals surface area (Å²) in [5.74, 6) is -4.06. The Labute approximate surface area is 254 Å². The molecule has 3 aliphatic heterocycles. The van der Waals surface area contributed by atoms with Gasteiger partial charge in [0.25, 0.3) is 11.8 Å². The number of carbonyl (C=O) groups excluding carboxylic acids is 3. The van der Waals surface area contributed by atoms with E-state index in [9.17, 15) is 29.1 Å². The van der Waals surface area contributed by atoms with Crippen LogP contribution < -0.4 is 11.1 Å². The van der Waals surface area contributed by atoms with Crippen LogP contribution in [0.25, 0.3) is 0 Å². The monoisotopic (exact) mass is 641 g/mol. The van der Waals surface area contributed by atoms with E-state index in [1.54, 1.807) is 25.7 Å². The largest absolute Gasteiger partial charge is 0.479 e. The minimum atomic E-state index is -1.33. The highest BCUT2D eigenvalue weighted by Gasteiger charge is 2.55. The summed E-state index contributed by atoms with van der Waals surface area (Å²) in [5.41, 5.74) is 4.94. The number of anilines is 1. The molecule has 0 bridgehead atoms. The summed E-state index contributed by atoms with van der Waals surface area (Å²) in [7, 11) is 1.98. The van der Waals surface area contributed by atoms with Crippen molar-refractivity contribution in [3.63, 3.8) is 0 Å². The smallest absolute Gasteiger partial charge is 0.410 e. The topological polar surface area (TPSA) is 227 Å². The molecule has 43 heavy (non-hydrogen) atoms. The molecule has 17 nitrogen and oxygen atoms in total. The van der Waals surface area contributed by atoms with Crippen molar-refractivity contribution < 1.29 is 48.2 Å². The highest BCUT2D eigenvalue weighted by Crippen LogP contribution is 2.41. The van der Waals surface area contributed by atoms with E-state index >= 15 is 0 Å². The fourth-order valence-corrected chi connectivity index (χ4v) is 6.53. The van der Waals surface area contributed by atoms with Gasteiger partial charge in [-0.25, -0.2) is 14.4 Å². The third kappa shape index (κ3) is 7.34. The number of piperazine rings is 1. The Morgan fingerprint density at radius 2 is 1.88 bits per heavy atom. The van der Waals surface area contributed by atoms with Crippen LogP contribution in [-0.4, -0.2) is 139 Å². The minimum absolute atomic E-state index is 0.0221. The molecule has 2 atom stereocenters. The van der Waals surface area contributed by atoms with Crippen LogP contribution in [0.3, 0.4) is 0 Å². The number of likely N-dealkylation sites (N-methyl/N-ethyl adjacent to an activating group) is 1. The van der Waals surface area contributed by atoms with Crippen LogP contribution >= 0.6 is 23.3 Å². The molecule has 0 unspecified atom stereocenters. The number of thioether (sulfide) groups is 1. The third-order valence-electron chi connectivity index (χ3n) is 6.79. The number of carboxylic acids is 2. The summed E-state index contributed by atoms with van der Waals surface area (Å²) < 4.78 is 9.83. The van der Waals surface area contributed by atoms with Crippen molar-refractivity contribution in [3.05, 3.63) is 17.1 Å². The molecule has 1 aromatic heterocycles. The molecule has 4 rings (SSSR count). The first-order chi connectivity index (χ1) is 20.1. The molecule has 0 radical (unpaired) electrons. The highest BCUT2D eigenvalue weighted by molar-refractivity contribution is 8.00. The lowest BCUT2D eigenvalue weighted by molar-refractivity contribution is -0.908. The maximum absolute atomic E-state index is 13.2. The lowest BCUT2D eigenvalue weighted by Gasteiger charge is -2.50. The Hall–Kier alpha value is -3.97. The number of hydrogen-bond donors (Lipinski definition) is 4. The van der Waals surface area contributed by atoms with E-state index in [0.717, 1.165) is 16.4 Å². The van der Waals surface area contributed by atoms with Crippen molar-refractivity contribution in [1.82, 2.24) is 24.5 Å². The van der Waals surface area contributed by atoms with E-state index in [0.29, 0.717) is 48.5 Å². The predicted molar refractivity (Wildman–Crippen MR) is 153 cm³/mol. The SMILES string of the molecule is CC(C)(C)OC(=O)N1CC[N+](C)(CC2=C(C(=O)O)N3C(=O)[C@@H](NC(=O)C(=NOCC(=O)O)c4nsc(N)n4)[C@@H]3SC2)CC1. The number of carboxylic acid groups (broad SMARTS) is 2. The fraction of sp³-hybridized carbons (Fsp3) is 0.583. The number of oxime groups is 1. The van der Waals surface area contributed by atoms with Gasteiger partial charge in [-0.15, -0.1) is 11.8 Å². The minimum Gasteiger partial charge on any atom is -0.479 e. The van der Waals surface area contributed by atoms with Gasteiger partial charge in [0.1, 0.15) is 29.3 Å². The summed E-state index contributed by atoms with van der Waals surface area (Å²) in [5, 5.41) is 24.3. The second-order valence-corrected chi connectivity index (χ2v) is 13.3. The van der Waals surface area contributed by atoms with Crippen molar-refractivity contribution in [2.24, 2.45) is 5.16 Å². The van der Waals surface area contributed by atoms with Gasteiger partial charge in [0.15, 0.2) is 5.13 Å². The number of rotatable bonds is 9. The Morgan fingerprint density at radius 3 is 2.44 bits per heavy atom. The molecule has 0 spiro atoms. The number of aromatic nitrogens is 2. The average molecular weight is 642 g/mol. The number of β-lactam (4-membered cyclic amide) rings is 1. The fourth-order valence-electron chi connectivity index (χ4n) is 4.76. The van der Waals surface area contributed by atoms with Gasteiger partial charge in [-0.2, -0.15) is 9.36 Å². The van der Waals surface area contributed by atoms with Crippen molar-refractivity contribution in [3.8, 4) is 0 Å². The van der Waals surface area contributed by atoms with E-state index < -0.39 is 59.2 Å². The van der Waals surface area contributed by atoms with Gasteiger partial charge in [0.05, 0.1) is 33.2 Å². The molecule has 1 aromatic rings. The number of nitrogens with zero attached hydrogens (tertiary/aromatic N) is 6. The number of nitrogens with two attached hydrogens (primary N) is 1. The summed E-state index contributed by atoms with van der Waals surface area (Å²) >= 11 is 2.08. The molecule has 4 heterocycles. The van der Waals surface area contributed by atoms with Crippen LogP contribution in [0.2, 0.25) is 0 Å². The molecular weight excluding hydrogens is 608 g/mol. The number of quaternary nitrogens is 1. The van der Waals surface area contributed by atoms with Crippen LogP contribution in [0.5, 0.6) is 0 Å². The van der Waals surface area contributed by atoms with E-state index in [2.05, 4.69) is 24.7 Å². The number of hydrogen-bond acceptors (Lipinski definition) is 13. The first kappa shape index (κ1) is 32.0. The zero-order chi connectivity index (χ0) is 31.7. The maximum Gasteiger partial charge on any atom is 0.410 e. The van der Waals surface area contributed by atoms with Crippen LogP contribution in [0.1, 0.15) is 26.6 Å². The third-order valence-corrected chi connectivity index (χ3v) is 8.67. The Kier molecular flexibility index (Phi) is 9.16. The van der Waals surface area contributed by atoms with Crippen molar-refractivity contribution in [2.75, 3.05) is 57.9 Å². The number of nitrogens with one attached hydrogen (secondary N) is 1. The van der Waals surface area contributed by atoms with Crippen LogP contribution in [-0.2, 0) is 28.8 Å². The summed E-state index contributed by atoms with van der Waals surface area (Å²) in [6.45, 7) is 6.93. The van der Waals surface area contributed by atoms with Gasteiger partial charge in [-0.1, -0.05) is 5.16 Å². The van der Waals surface area contributed by atoms with E-state index in [-0.39, 0.29) is 16.7 Å². The Bertz CT molecular complexity index is 1380. The molecular formula is C24H33N8O9S2+. The lowest BCUT2D eigenvalue weighted by atomic mass is 10.0. The number of nitrogen functional groups attached to an aromatic ring is 1. The summed E-state index contributed by atoms with van der Waals surface area (Å²) in [4.78, 5) is 73.3. The average Bonchev–Trinajstić information content (AvgIpc) is 3.33. The lowest BCUT2D eigenvalue weighted by Crippen LogP contribution is -2.71. The quantitative estimate of drug-likeness (QED) is 0.114. The first-order valence-corrected chi connectivity index (χ1v) is 14.9. The molecule has 2 fully saturated rings. The molecule has 0 aromatic carbocycles. The second kappa shape index (κ2) is 12.3. The summed E-state index contributed by atoms with van der Waals surface area (Å²) in [6, 6.07) is -1.09. The normalized spacial score (nSPS) is 22.0. The van der Waals surface area contributed by atoms with Crippen LogP contribution in [0.4, 0.5) is 9.93 Å². The molecule has 234 valence electrons. The predicted octanol–water partition coefficient (Wildman–Crippen LogP) is -0.638. The first-order valence-electron chi connectivity index (χ1n) is 13.1. The highest BCUT2D eigenvalue weighted by atomic mass is 32.2. The van der Waals surface area contributed by atoms with Crippen LogP contribution in [0, 0.1) is 0 Å². The molecule has 0 saturated carbocycles. The van der Waals surface area contributed by atoms with E-state index in [1.165, 1.54) is 11.8 Å². The van der Waals surface area contributed by atoms with Crippen molar-refractivity contribution in [1.29, 1.82) is 0 Å². The Balaban J connectivity index is 1.45.